The molecule has 3 aromatic carbocycles. The molecule has 1 aliphatic rings. The number of hydrogen-bond donors (Lipinski definition) is 1. The van der Waals surface area contributed by atoms with Gasteiger partial charge in [0, 0.05) is 35.3 Å². The molecule has 5 rings (SSSR count). The molecule has 0 aliphatic carbocycles. The van der Waals surface area contributed by atoms with Crippen molar-refractivity contribution >= 4 is 34.4 Å². The second kappa shape index (κ2) is 12.2. The van der Waals surface area contributed by atoms with Crippen molar-refractivity contribution in [3.8, 4) is 0 Å². The zero-order valence-electron chi connectivity index (χ0n) is 23.6. The van der Waals surface area contributed by atoms with Gasteiger partial charge in [-0.25, -0.2) is 0 Å². The maximum absolute atomic E-state index is 13.6. The molecule has 2 heterocycles. The Labute approximate surface area is 257 Å². The number of hydrogen-bond acceptors (Lipinski definition) is 4. The molecule has 1 fully saturated rings. The Balaban J connectivity index is 1.43. The number of fused-ring (bicyclic) bond motifs is 1. The summed E-state index contributed by atoms with van der Waals surface area (Å²) in [5, 5.41) is 3.54. The molecule has 45 heavy (non-hydrogen) atoms. The van der Waals surface area contributed by atoms with E-state index in [1.165, 1.54) is 4.90 Å². The molecule has 2 atom stereocenters. The summed E-state index contributed by atoms with van der Waals surface area (Å²) in [5.41, 5.74) is -2.60. The highest BCUT2D eigenvalue weighted by atomic mass is 35.5. The molecular formula is C32H25ClF6N2O4. The normalized spacial score (nSPS) is 17.4. The van der Waals surface area contributed by atoms with Crippen LogP contribution in [0.25, 0.3) is 11.0 Å². The lowest BCUT2D eigenvalue weighted by atomic mass is 9.91. The number of amides is 2. The van der Waals surface area contributed by atoms with Crippen molar-refractivity contribution in [1.29, 1.82) is 0 Å². The lowest BCUT2D eigenvalue weighted by Crippen LogP contribution is -2.52. The first-order valence-corrected chi connectivity index (χ1v) is 14.2. The number of piperidine rings is 1. The van der Waals surface area contributed by atoms with Crippen LogP contribution in [-0.4, -0.2) is 35.3 Å². The van der Waals surface area contributed by atoms with E-state index in [-0.39, 0.29) is 43.2 Å². The standard InChI is InChI=1S/C32H25ClF6N2O4/c1-17-2-7-27-25(10-17)26(42)16-28(45-27)29(43)40-23-8-9-41(24(15-23)11-18-3-5-22(33)6-4-18)30(44)19-12-20(31(34,35)36)14-21(13-19)32(37,38)39/h2-7,10,12-14,16,23-24H,8-9,11,15H2,1H3,(H,40,43). The average Bonchev–Trinajstić information content (AvgIpc) is 2.97. The number of alkyl halides is 6. The van der Waals surface area contributed by atoms with Gasteiger partial charge in [0.2, 0.25) is 0 Å². The molecule has 0 radical (unpaired) electrons. The van der Waals surface area contributed by atoms with Gasteiger partial charge < -0.3 is 14.6 Å². The average molecular weight is 651 g/mol. The summed E-state index contributed by atoms with van der Waals surface area (Å²) in [6.07, 6.45) is -9.82. The van der Waals surface area contributed by atoms with E-state index < -0.39 is 58.4 Å². The van der Waals surface area contributed by atoms with Crippen LogP contribution >= 0.6 is 11.6 Å². The summed E-state index contributed by atoms with van der Waals surface area (Å²) >= 11 is 5.98. The fraction of sp³-hybridized carbons (Fsp3) is 0.281. The molecule has 236 valence electrons. The Bertz CT molecular complexity index is 1790. The largest absolute Gasteiger partial charge is 0.451 e. The molecule has 13 heteroatoms. The van der Waals surface area contributed by atoms with E-state index in [4.69, 9.17) is 16.0 Å². The number of carbonyl (C=O) groups is 2. The smallest absolute Gasteiger partial charge is 0.416 e. The van der Waals surface area contributed by atoms with Gasteiger partial charge in [0.15, 0.2) is 11.2 Å². The second-order valence-electron chi connectivity index (χ2n) is 10.9. The zero-order chi connectivity index (χ0) is 32.7. The molecule has 0 bridgehead atoms. The SMILES string of the molecule is Cc1ccc2oc(C(=O)NC3CCN(C(=O)c4cc(C(F)(F)F)cc(C(F)(F)F)c4)C(Cc4ccc(Cl)cc4)C3)cc(=O)c2c1. The first-order valence-electron chi connectivity index (χ1n) is 13.8. The minimum Gasteiger partial charge on any atom is -0.451 e. The van der Waals surface area contributed by atoms with Crippen molar-refractivity contribution in [2.24, 2.45) is 0 Å². The van der Waals surface area contributed by atoms with Crippen molar-refractivity contribution < 1.29 is 40.3 Å². The third-order valence-corrected chi connectivity index (χ3v) is 7.89. The minimum absolute atomic E-state index is 0.0317. The van der Waals surface area contributed by atoms with Crippen LogP contribution in [0.4, 0.5) is 26.3 Å². The molecule has 1 saturated heterocycles. The van der Waals surface area contributed by atoms with Gasteiger partial charge in [-0.15, -0.1) is 0 Å². The lowest BCUT2D eigenvalue weighted by molar-refractivity contribution is -0.143. The van der Waals surface area contributed by atoms with Crippen LogP contribution < -0.4 is 10.7 Å². The van der Waals surface area contributed by atoms with Crippen LogP contribution in [0.15, 0.2) is 75.9 Å². The third kappa shape index (κ3) is 7.33. The van der Waals surface area contributed by atoms with Gasteiger partial charge in [0.05, 0.1) is 16.5 Å². The van der Waals surface area contributed by atoms with Crippen molar-refractivity contribution in [1.82, 2.24) is 10.2 Å². The Morgan fingerprint density at radius 2 is 1.58 bits per heavy atom. The quantitative estimate of drug-likeness (QED) is 0.228. The molecular weight excluding hydrogens is 626 g/mol. The van der Waals surface area contributed by atoms with Gasteiger partial charge in [-0.2, -0.15) is 26.3 Å². The van der Waals surface area contributed by atoms with Crippen molar-refractivity contribution in [2.75, 3.05) is 6.54 Å². The van der Waals surface area contributed by atoms with Crippen LogP contribution in [0.1, 0.15) is 56.0 Å². The number of halogens is 7. The van der Waals surface area contributed by atoms with Crippen LogP contribution in [0.2, 0.25) is 5.02 Å². The van der Waals surface area contributed by atoms with E-state index in [0.29, 0.717) is 28.1 Å². The van der Waals surface area contributed by atoms with E-state index >= 15 is 0 Å². The number of benzene rings is 3. The molecule has 1 aromatic heterocycles. The van der Waals surface area contributed by atoms with E-state index in [9.17, 15) is 40.7 Å². The highest BCUT2D eigenvalue weighted by Crippen LogP contribution is 2.37. The number of nitrogens with zero attached hydrogens (tertiary/aromatic N) is 1. The predicted molar refractivity (Wildman–Crippen MR) is 154 cm³/mol. The van der Waals surface area contributed by atoms with Crippen LogP contribution in [0, 0.1) is 6.92 Å². The molecule has 6 nitrogen and oxygen atoms in total. The van der Waals surface area contributed by atoms with E-state index in [0.717, 1.165) is 11.6 Å². The highest BCUT2D eigenvalue weighted by Gasteiger charge is 2.39. The maximum Gasteiger partial charge on any atom is 0.416 e. The summed E-state index contributed by atoms with van der Waals surface area (Å²) in [5.74, 6) is -1.92. The molecule has 2 amide bonds. The molecule has 0 saturated carbocycles. The van der Waals surface area contributed by atoms with Gasteiger partial charge in [0.1, 0.15) is 5.58 Å². The van der Waals surface area contributed by atoms with E-state index in [1.807, 2.05) is 0 Å². The third-order valence-electron chi connectivity index (χ3n) is 7.64. The number of aryl methyl sites for hydroxylation is 1. The van der Waals surface area contributed by atoms with Gasteiger partial charge in [-0.3, -0.25) is 14.4 Å². The molecule has 0 spiro atoms. The van der Waals surface area contributed by atoms with E-state index in [1.54, 1.807) is 49.4 Å². The fourth-order valence-corrected chi connectivity index (χ4v) is 5.54. The molecule has 1 aliphatic heterocycles. The number of rotatable bonds is 5. The summed E-state index contributed by atoms with van der Waals surface area (Å²) in [4.78, 5) is 40.6. The number of nitrogens with one attached hydrogen (secondary N) is 1. The van der Waals surface area contributed by atoms with Crippen molar-refractivity contribution in [3.05, 3.63) is 116 Å². The minimum atomic E-state index is -5.12. The fourth-order valence-electron chi connectivity index (χ4n) is 5.42. The molecule has 1 N–H and O–H groups in total. The first kappa shape index (κ1) is 32.1. The van der Waals surface area contributed by atoms with E-state index in [2.05, 4.69) is 5.32 Å². The van der Waals surface area contributed by atoms with Gasteiger partial charge in [0.25, 0.3) is 11.8 Å². The summed E-state index contributed by atoms with van der Waals surface area (Å²) < 4.78 is 86.7. The second-order valence-corrected chi connectivity index (χ2v) is 11.4. The van der Waals surface area contributed by atoms with Gasteiger partial charge in [-0.1, -0.05) is 35.4 Å². The van der Waals surface area contributed by atoms with Crippen molar-refractivity contribution in [2.45, 2.75) is 50.6 Å². The van der Waals surface area contributed by atoms with Gasteiger partial charge in [-0.05, 0) is 74.2 Å². The van der Waals surface area contributed by atoms with Gasteiger partial charge >= 0.3 is 12.4 Å². The number of likely N-dealkylation sites (tertiary alicyclic amines) is 1. The summed E-state index contributed by atoms with van der Waals surface area (Å²) in [6.45, 7) is 1.72. The monoisotopic (exact) mass is 650 g/mol. The zero-order valence-corrected chi connectivity index (χ0v) is 24.3. The first-order chi connectivity index (χ1) is 21.1. The number of carbonyl (C=O) groups excluding carboxylic acids is 2. The summed E-state index contributed by atoms with van der Waals surface area (Å²) in [6, 6.07) is 12.1. The highest BCUT2D eigenvalue weighted by molar-refractivity contribution is 6.30. The lowest BCUT2D eigenvalue weighted by Gasteiger charge is -2.40. The van der Waals surface area contributed by atoms with Crippen LogP contribution in [0.5, 0.6) is 0 Å². The Morgan fingerprint density at radius 3 is 2.20 bits per heavy atom. The Kier molecular flexibility index (Phi) is 8.72. The molecule has 4 aromatic rings. The Morgan fingerprint density at radius 1 is 0.933 bits per heavy atom. The Hall–Kier alpha value is -4.32. The topological polar surface area (TPSA) is 79.6 Å². The molecule has 2 unspecified atom stereocenters. The predicted octanol–water partition coefficient (Wildman–Crippen LogP) is 7.44. The van der Waals surface area contributed by atoms with Crippen LogP contribution in [0.3, 0.4) is 0 Å². The van der Waals surface area contributed by atoms with Crippen LogP contribution in [-0.2, 0) is 18.8 Å². The maximum atomic E-state index is 13.6. The van der Waals surface area contributed by atoms with Crippen molar-refractivity contribution in [3.63, 3.8) is 0 Å². The summed E-state index contributed by atoms with van der Waals surface area (Å²) in [7, 11) is 0.